The number of benzene rings is 1. The van der Waals surface area contributed by atoms with Gasteiger partial charge < -0.3 is 0 Å². The second kappa shape index (κ2) is 5.11. The summed E-state index contributed by atoms with van der Waals surface area (Å²) >= 11 is 0. The van der Waals surface area contributed by atoms with Crippen LogP contribution in [0.1, 0.15) is 35.8 Å². The lowest BCUT2D eigenvalue weighted by Gasteiger charge is -2.13. The molecule has 1 aromatic heterocycles. The maximum absolute atomic E-state index is 12.8. The molecule has 0 spiro atoms. The molecule has 0 atom stereocenters. The van der Waals surface area contributed by atoms with Crippen molar-refractivity contribution in [1.29, 1.82) is 0 Å². The van der Waals surface area contributed by atoms with Crippen molar-refractivity contribution in [1.82, 2.24) is 9.78 Å². The first-order valence-electron chi connectivity index (χ1n) is 6.05. The van der Waals surface area contributed by atoms with Gasteiger partial charge in [-0.15, -0.1) is 0 Å². The summed E-state index contributed by atoms with van der Waals surface area (Å²) in [5, 5.41) is 4.06. The minimum absolute atomic E-state index is 0.0618. The van der Waals surface area contributed by atoms with Crippen molar-refractivity contribution in [3.63, 3.8) is 0 Å². The first-order chi connectivity index (χ1) is 9.34. The Morgan fingerprint density at radius 3 is 2.55 bits per heavy atom. The Balaban J connectivity index is 2.62. The first kappa shape index (κ1) is 14.3. The number of carbonyl (C=O) groups excluding carboxylic acids is 1. The van der Waals surface area contributed by atoms with Gasteiger partial charge in [-0.1, -0.05) is 12.1 Å². The Labute approximate surface area is 114 Å². The Hall–Kier alpha value is -2.11. The molecule has 0 aliphatic rings. The topological polar surface area (TPSA) is 34.9 Å². The minimum Gasteiger partial charge on any atom is -0.298 e. The maximum Gasteiger partial charge on any atom is 0.416 e. The number of alkyl halides is 3. The molecular formula is C14H13F3N2O. The fraction of sp³-hybridized carbons (Fsp3) is 0.286. The smallest absolute Gasteiger partial charge is 0.298 e. The van der Waals surface area contributed by atoms with E-state index in [1.54, 1.807) is 4.68 Å². The fourth-order valence-electron chi connectivity index (χ4n) is 2.00. The van der Waals surface area contributed by atoms with E-state index < -0.39 is 11.7 Å². The van der Waals surface area contributed by atoms with Crippen LogP contribution in [-0.2, 0) is 6.18 Å². The van der Waals surface area contributed by atoms with Crippen LogP contribution in [0.3, 0.4) is 0 Å². The number of hydrogen-bond acceptors (Lipinski definition) is 2. The molecule has 3 nitrogen and oxygen atoms in total. The van der Waals surface area contributed by atoms with Crippen LogP contribution in [0.5, 0.6) is 0 Å². The van der Waals surface area contributed by atoms with Crippen molar-refractivity contribution >= 4 is 6.29 Å². The van der Waals surface area contributed by atoms with E-state index in [-0.39, 0.29) is 11.6 Å². The average Bonchev–Trinajstić information content (AvgIpc) is 2.81. The molecule has 106 valence electrons. The van der Waals surface area contributed by atoms with E-state index in [0.29, 0.717) is 17.5 Å². The summed E-state index contributed by atoms with van der Waals surface area (Å²) in [5.74, 6) is 0. The van der Waals surface area contributed by atoms with E-state index in [2.05, 4.69) is 5.10 Å². The van der Waals surface area contributed by atoms with Crippen LogP contribution in [0, 0.1) is 0 Å². The Kier molecular flexibility index (Phi) is 3.65. The maximum atomic E-state index is 12.8. The van der Waals surface area contributed by atoms with Gasteiger partial charge in [0.1, 0.15) is 0 Å². The number of carbonyl (C=O) groups is 1. The van der Waals surface area contributed by atoms with Gasteiger partial charge in [-0.2, -0.15) is 18.3 Å². The second-order valence-electron chi connectivity index (χ2n) is 4.68. The van der Waals surface area contributed by atoms with Gasteiger partial charge in [0.2, 0.25) is 0 Å². The van der Waals surface area contributed by atoms with Gasteiger partial charge in [-0.25, -0.2) is 0 Å². The van der Waals surface area contributed by atoms with Crippen LogP contribution in [0.25, 0.3) is 11.3 Å². The number of aromatic nitrogens is 2. The highest BCUT2D eigenvalue weighted by atomic mass is 19.4. The fourth-order valence-corrected chi connectivity index (χ4v) is 2.00. The highest BCUT2D eigenvalue weighted by molar-refractivity contribution is 5.85. The molecule has 0 aliphatic heterocycles. The molecule has 0 amide bonds. The van der Waals surface area contributed by atoms with Crippen molar-refractivity contribution in [2.45, 2.75) is 26.1 Å². The molecule has 0 unspecified atom stereocenters. The molecule has 2 aromatic rings. The van der Waals surface area contributed by atoms with Crippen LogP contribution in [0.15, 0.2) is 30.5 Å². The van der Waals surface area contributed by atoms with Crippen molar-refractivity contribution in [3.8, 4) is 11.3 Å². The van der Waals surface area contributed by atoms with Crippen LogP contribution in [0.4, 0.5) is 13.2 Å². The summed E-state index contributed by atoms with van der Waals surface area (Å²) in [7, 11) is 0. The quantitative estimate of drug-likeness (QED) is 0.799. The van der Waals surface area contributed by atoms with E-state index in [9.17, 15) is 18.0 Å². The minimum atomic E-state index is -4.42. The molecule has 0 saturated carbocycles. The highest BCUT2D eigenvalue weighted by Crippen LogP contribution is 2.33. The van der Waals surface area contributed by atoms with E-state index in [4.69, 9.17) is 0 Å². The predicted octanol–water partition coefficient (Wildman–Crippen LogP) is 3.96. The lowest BCUT2D eigenvalue weighted by molar-refractivity contribution is -0.137. The summed E-state index contributed by atoms with van der Waals surface area (Å²) in [6.45, 7) is 3.69. The SMILES string of the molecule is CC(C)n1ncc(C=O)c1-c1cccc(C(F)(F)F)c1. The Bertz CT molecular complexity index is 630. The first-order valence-corrected chi connectivity index (χ1v) is 6.05. The van der Waals surface area contributed by atoms with Gasteiger partial charge in [-0.3, -0.25) is 9.48 Å². The third-order valence-electron chi connectivity index (χ3n) is 2.90. The van der Waals surface area contributed by atoms with Gasteiger partial charge in [0.15, 0.2) is 6.29 Å². The molecule has 0 N–H and O–H groups in total. The van der Waals surface area contributed by atoms with Crippen molar-refractivity contribution < 1.29 is 18.0 Å². The zero-order valence-corrected chi connectivity index (χ0v) is 11.0. The number of aldehydes is 1. The zero-order chi connectivity index (χ0) is 14.9. The third kappa shape index (κ3) is 2.59. The molecule has 0 aliphatic carbocycles. The molecule has 0 saturated heterocycles. The van der Waals surface area contributed by atoms with Gasteiger partial charge in [0.05, 0.1) is 23.0 Å². The van der Waals surface area contributed by atoms with Crippen LogP contribution in [-0.4, -0.2) is 16.1 Å². The Morgan fingerprint density at radius 1 is 1.30 bits per heavy atom. The number of nitrogens with zero attached hydrogens (tertiary/aromatic N) is 2. The molecule has 0 radical (unpaired) electrons. The van der Waals surface area contributed by atoms with E-state index in [1.165, 1.54) is 18.3 Å². The summed E-state index contributed by atoms with van der Waals surface area (Å²) in [5.41, 5.74) is 0.260. The number of rotatable bonds is 3. The molecule has 20 heavy (non-hydrogen) atoms. The van der Waals surface area contributed by atoms with Crippen LogP contribution in [0.2, 0.25) is 0 Å². The largest absolute Gasteiger partial charge is 0.416 e. The van der Waals surface area contributed by atoms with Gasteiger partial charge >= 0.3 is 6.18 Å². The van der Waals surface area contributed by atoms with E-state index in [0.717, 1.165) is 12.1 Å². The van der Waals surface area contributed by atoms with Gasteiger partial charge in [0.25, 0.3) is 0 Å². The van der Waals surface area contributed by atoms with Crippen molar-refractivity contribution in [3.05, 3.63) is 41.6 Å². The average molecular weight is 282 g/mol. The number of halogens is 3. The summed E-state index contributed by atoms with van der Waals surface area (Å²) in [6, 6.07) is 4.83. The van der Waals surface area contributed by atoms with E-state index in [1.807, 2.05) is 13.8 Å². The van der Waals surface area contributed by atoms with Crippen LogP contribution < -0.4 is 0 Å². The summed E-state index contributed by atoms with van der Waals surface area (Å²) in [4.78, 5) is 11.0. The van der Waals surface area contributed by atoms with Crippen LogP contribution >= 0.6 is 0 Å². The second-order valence-corrected chi connectivity index (χ2v) is 4.68. The molecule has 1 aromatic carbocycles. The number of hydrogen-bond donors (Lipinski definition) is 0. The monoisotopic (exact) mass is 282 g/mol. The normalized spacial score (nSPS) is 11.9. The van der Waals surface area contributed by atoms with Gasteiger partial charge in [0, 0.05) is 11.6 Å². The summed E-state index contributed by atoms with van der Waals surface area (Å²) < 4.78 is 39.8. The predicted molar refractivity (Wildman–Crippen MR) is 68.4 cm³/mol. The Morgan fingerprint density at radius 2 is 2.00 bits per heavy atom. The highest BCUT2D eigenvalue weighted by Gasteiger charge is 2.31. The molecule has 2 rings (SSSR count). The van der Waals surface area contributed by atoms with Crippen molar-refractivity contribution in [2.24, 2.45) is 0 Å². The molecule has 0 bridgehead atoms. The molecular weight excluding hydrogens is 269 g/mol. The third-order valence-corrected chi connectivity index (χ3v) is 2.90. The zero-order valence-electron chi connectivity index (χ0n) is 11.0. The lowest BCUT2D eigenvalue weighted by Crippen LogP contribution is -2.07. The molecule has 1 heterocycles. The van der Waals surface area contributed by atoms with E-state index >= 15 is 0 Å². The molecule has 0 fully saturated rings. The summed E-state index contributed by atoms with van der Waals surface area (Å²) in [6.07, 6.45) is -2.45. The van der Waals surface area contributed by atoms with Crippen molar-refractivity contribution in [2.75, 3.05) is 0 Å². The van der Waals surface area contributed by atoms with Gasteiger partial charge in [-0.05, 0) is 26.0 Å². The lowest BCUT2D eigenvalue weighted by atomic mass is 10.0. The standard InChI is InChI=1S/C14H13F3N2O/c1-9(2)19-13(11(8-20)7-18-19)10-4-3-5-12(6-10)14(15,16)17/h3-9H,1-2H3. The molecule has 6 heteroatoms.